The van der Waals surface area contributed by atoms with Gasteiger partial charge in [0.15, 0.2) is 0 Å². The summed E-state index contributed by atoms with van der Waals surface area (Å²) in [5.74, 6) is -0.614. The van der Waals surface area contributed by atoms with Gasteiger partial charge in [-0.25, -0.2) is 4.39 Å². The molecule has 2 aromatic carbocycles. The smallest absolute Gasteiger partial charge is 0.255 e. The molecule has 0 aromatic heterocycles. The van der Waals surface area contributed by atoms with Crippen molar-refractivity contribution in [3.05, 3.63) is 63.4 Å². The first-order valence-corrected chi connectivity index (χ1v) is 6.60. The summed E-state index contributed by atoms with van der Waals surface area (Å²) in [5, 5.41) is 2.72. The second-order valence-electron chi connectivity index (χ2n) is 4.38. The largest absolute Gasteiger partial charge is 0.322 e. The Bertz CT molecular complexity index is 640. The maximum Gasteiger partial charge on any atom is 0.255 e. The Morgan fingerprint density at radius 1 is 1.11 bits per heavy atom. The van der Waals surface area contributed by atoms with E-state index in [0.717, 1.165) is 15.6 Å². The average Bonchev–Trinajstić information content (AvgIpc) is 2.37. The molecule has 0 spiro atoms. The molecule has 2 nitrogen and oxygen atoms in total. The Kier molecular flexibility index (Phi) is 4.00. The topological polar surface area (TPSA) is 29.1 Å². The fourth-order valence-electron chi connectivity index (χ4n) is 1.71. The van der Waals surface area contributed by atoms with Crippen LogP contribution >= 0.6 is 15.9 Å². The van der Waals surface area contributed by atoms with E-state index in [1.54, 1.807) is 18.2 Å². The number of amides is 1. The fraction of sp³-hybridized carbons (Fsp3) is 0.133. The summed E-state index contributed by atoms with van der Waals surface area (Å²) in [7, 11) is 0. The van der Waals surface area contributed by atoms with Crippen LogP contribution in [0.4, 0.5) is 10.1 Å². The Hall–Kier alpha value is -1.68. The number of anilines is 1. The molecule has 98 valence electrons. The van der Waals surface area contributed by atoms with Gasteiger partial charge in [0.1, 0.15) is 5.82 Å². The maximum atomic E-state index is 13.2. The molecular weight excluding hydrogens is 309 g/mol. The van der Waals surface area contributed by atoms with Gasteiger partial charge in [-0.15, -0.1) is 0 Å². The van der Waals surface area contributed by atoms with Crippen LogP contribution in [0.15, 0.2) is 40.9 Å². The van der Waals surface area contributed by atoms with Gasteiger partial charge < -0.3 is 5.32 Å². The van der Waals surface area contributed by atoms with Crippen LogP contribution < -0.4 is 5.32 Å². The minimum Gasteiger partial charge on any atom is -0.322 e. The van der Waals surface area contributed by atoms with Crippen LogP contribution in [-0.2, 0) is 0 Å². The summed E-state index contributed by atoms with van der Waals surface area (Å²) in [4.78, 5) is 12.1. The summed E-state index contributed by atoms with van der Waals surface area (Å²) >= 11 is 3.39. The van der Waals surface area contributed by atoms with Gasteiger partial charge in [0, 0.05) is 15.7 Å². The van der Waals surface area contributed by atoms with Crippen molar-refractivity contribution in [1.82, 2.24) is 0 Å². The lowest BCUT2D eigenvalue weighted by Gasteiger charge is -2.09. The van der Waals surface area contributed by atoms with Gasteiger partial charge >= 0.3 is 0 Å². The predicted octanol–water partition coefficient (Wildman–Crippen LogP) is 4.46. The van der Waals surface area contributed by atoms with Gasteiger partial charge in [-0.2, -0.15) is 0 Å². The first kappa shape index (κ1) is 13.7. The van der Waals surface area contributed by atoms with Crippen molar-refractivity contribution in [3.63, 3.8) is 0 Å². The van der Waals surface area contributed by atoms with Crippen molar-refractivity contribution in [2.75, 3.05) is 5.32 Å². The number of nitrogens with one attached hydrogen (secondary N) is 1. The molecule has 0 aliphatic rings. The van der Waals surface area contributed by atoms with E-state index < -0.39 is 0 Å². The van der Waals surface area contributed by atoms with Crippen LogP contribution in [-0.4, -0.2) is 5.91 Å². The molecule has 0 radical (unpaired) electrons. The van der Waals surface area contributed by atoms with Crippen molar-refractivity contribution >= 4 is 27.5 Å². The molecule has 0 saturated carbocycles. The zero-order chi connectivity index (χ0) is 14.0. The molecule has 2 aromatic rings. The first-order valence-electron chi connectivity index (χ1n) is 5.81. The van der Waals surface area contributed by atoms with Gasteiger partial charge in [-0.3, -0.25) is 4.79 Å². The van der Waals surface area contributed by atoms with Gasteiger partial charge in [-0.1, -0.05) is 22.0 Å². The van der Waals surface area contributed by atoms with Gasteiger partial charge in [-0.05, 0) is 55.3 Å². The summed E-state index contributed by atoms with van der Waals surface area (Å²) in [6.07, 6.45) is 0. The Labute approximate surface area is 119 Å². The third-order valence-corrected chi connectivity index (χ3v) is 3.76. The molecular formula is C15H13BrFNO. The number of carbonyl (C=O) groups is 1. The van der Waals surface area contributed by atoms with Crippen LogP contribution in [0.2, 0.25) is 0 Å². The van der Waals surface area contributed by atoms with E-state index in [9.17, 15) is 9.18 Å². The third kappa shape index (κ3) is 3.20. The van der Waals surface area contributed by atoms with Gasteiger partial charge in [0.25, 0.3) is 5.91 Å². The minimum absolute atomic E-state index is 0.246. The number of hydrogen-bond acceptors (Lipinski definition) is 1. The second kappa shape index (κ2) is 5.53. The van der Waals surface area contributed by atoms with E-state index in [0.29, 0.717) is 11.3 Å². The van der Waals surface area contributed by atoms with Crippen LogP contribution in [0, 0.1) is 19.7 Å². The molecule has 0 atom stereocenters. The molecule has 0 saturated heterocycles. The van der Waals surface area contributed by atoms with E-state index in [-0.39, 0.29) is 11.7 Å². The van der Waals surface area contributed by atoms with Crippen LogP contribution in [0.5, 0.6) is 0 Å². The van der Waals surface area contributed by atoms with E-state index in [4.69, 9.17) is 0 Å². The highest BCUT2D eigenvalue weighted by molar-refractivity contribution is 9.10. The van der Waals surface area contributed by atoms with Crippen molar-refractivity contribution < 1.29 is 9.18 Å². The number of benzene rings is 2. The van der Waals surface area contributed by atoms with Crippen molar-refractivity contribution in [2.45, 2.75) is 13.8 Å². The lowest BCUT2D eigenvalue weighted by molar-refractivity contribution is 0.102. The quantitative estimate of drug-likeness (QED) is 0.869. The zero-order valence-corrected chi connectivity index (χ0v) is 12.2. The van der Waals surface area contributed by atoms with E-state index in [1.807, 2.05) is 19.9 Å². The number of rotatable bonds is 2. The second-order valence-corrected chi connectivity index (χ2v) is 5.23. The maximum absolute atomic E-state index is 13.2. The molecule has 19 heavy (non-hydrogen) atoms. The molecule has 1 N–H and O–H groups in total. The highest BCUT2D eigenvalue weighted by atomic mass is 79.9. The standard InChI is InChI=1S/C15H13BrFNO/c1-9-3-5-12(17)8-14(9)18-15(19)11-4-6-13(16)10(2)7-11/h3-8H,1-2H3,(H,18,19). The Morgan fingerprint density at radius 2 is 1.84 bits per heavy atom. The first-order chi connectivity index (χ1) is 8.97. The summed E-state index contributed by atoms with van der Waals surface area (Å²) in [5.41, 5.74) is 2.84. The Morgan fingerprint density at radius 3 is 2.53 bits per heavy atom. The average molecular weight is 322 g/mol. The summed E-state index contributed by atoms with van der Waals surface area (Å²) in [6, 6.07) is 9.66. The molecule has 2 rings (SSSR count). The molecule has 0 aliphatic heterocycles. The number of halogens is 2. The monoisotopic (exact) mass is 321 g/mol. The van der Waals surface area contributed by atoms with Crippen molar-refractivity contribution in [3.8, 4) is 0 Å². The molecule has 1 amide bonds. The number of hydrogen-bond donors (Lipinski definition) is 1. The van der Waals surface area contributed by atoms with E-state index in [2.05, 4.69) is 21.2 Å². The lowest BCUT2D eigenvalue weighted by Crippen LogP contribution is -2.13. The van der Waals surface area contributed by atoms with E-state index in [1.165, 1.54) is 12.1 Å². The minimum atomic E-state index is -0.368. The SMILES string of the molecule is Cc1cc(C(=O)Nc2cc(F)ccc2C)ccc1Br. The zero-order valence-electron chi connectivity index (χ0n) is 10.6. The number of carbonyl (C=O) groups excluding carboxylic acids is 1. The molecule has 0 aliphatic carbocycles. The summed E-state index contributed by atoms with van der Waals surface area (Å²) in [6.45, 7) is 3.73. The summed E-state index contributed by atoms with van der Waals surface area (Å²) < 4.78 is 14.1. The van der Waals surface area contributed by atoms with Crippen molar-refractivity contribution in [2.24, 2.45) is 0 Å². The van der Waals surface area contributed by atoms with Crippen LogP contribution in [0.25, 0.3) is 0 Å². The highest BCUT2D eigenvalue weighted by Gasteiger charge is 2.09. The molecule has 0 bridgehead atoms. The highest BCUT2D eigenvalue weighted by Crippen LogP contribution is 2.20. The van der Waals surface area contributed by atoms with Crippen LogP contribution in [0.1, 0.15) is 21.5 Å². The van der Waals surface area contributed by atoms with Crippen molar-refractivity contribution in [1.29, 1.82) is 0 Å². The fourth-order valence-corrected chi connectivity index (χ4v) is 1.96. The normalized spacial score (nSPS) is 10.3. The number of aryl methyl sites for hydroxylation is 2. The molecule has 0 unspecified atom stereocenters. The molecule has 0 heterocycles. The van der Waals surface area contributed by atoms with Gasteiger partial charge in [0.2, 0.25) is 0 Å². The van der Waals surface area contributed by atoms with Gasteiger partial charge in [0.05, 0.1) is 0 Å². The molecule has 4 heteroatoms. The van der Waals surface area contributed by atoms with E-state index >= 15 is 0 Å². The predicted molar refractivity (Wildman–Crippen MR) is 78.0 cm³/mol. The Balaban J connectivity index is 2.25. The molecule has 0 fully saturated rings. The lowest BCUT2D eigenvalue weighted by atomic mass is 10.1. The van der Waals surface area contributed by atoms with Crippen LogP contribution in [0.3, 0.4) is 0 Å². The third-order valence-electron chi connectivity index (χ3n) is 2.87.